The highest BCUT2D eigenvalue weighted by molar-refractivity contribution is 5.80. The molecule has 1 aromatic rings. The minimum Gasteiger partial charge on any atom is -0.481 e. The Bertz CT molecular complexity index is 449. The number of carbonyl (C=O) groups is 1. The Hall–Kier alpha value is -2.02. The van der Waals surface area contributed by atoms with E-state index in [2.05, 4.69) is 5.32 Å². The lowest BCUT2D eigenvalue weighted by atomic mass is 10.1. The summed E-state index contributed by atoms with van der Waals surface area (Å²) in [5.74, 6) is 0.414. The second-order valence-corrected chi connectivity index (χ2v) is 3.75. The molecule has 0 heterocycles. The second kappa shape index (κ2) is 5.90. The molecule has 1 atom stereocenters. The number of hydrogen-bond donors (Lipinski definition) is 1. The maximum atomic E-state index is 11.5. The molecule has 1 N–H and O–H groups in total. The van der Waals surface area contributed by atoms with Crippen LogP contribution in [0.1, 0.15) is 25.0 Å². The van der Waals surface area contributed by atoms with Crippen molar-refractivity contribution in [2.45, 2.75) is 26.9 Å². The standard InChI is InChI=1S/C13H16N2O2/c1-4-15-13(16)10(3)17-12-7-11(8-14)6-5-9(12)2/h5-7,10H,4H2,1-3H3,(H,15,16). The smallest absolute Gasteiger partial charge is 0.260 e. The molecule has 1 aromatic carbocycles. The predicted octanol–water partition coefficient (Wildman–Crippen LogP) is 1.77. The lowest BCUT2D eigenvalue weighted by Gasteiger charge is -2.15. The maximum absolute atomic E-state index is 11.5. The predicted molar refractivity (Wildman–Crippen MR) is 64.7 cm³/mol. The number of benzene rings is 1. The van der Waals surface area contributed by atoms with E-state index in [4.69, 9.17) is 10.00 Å². The van der Waals surface area contributed by atoms with Gasteiger partial charge in [-0.3, -0.25) is 4.79 Å². The summed E-state index contributed by atoms with van der Waals surface area (Å²) in [6, 6.07) is 7.21. The molecule has 0 bridgehead atoms. The molecule has 0 aliphatic rings. The van der Waals surface area contributed by atoms with Gasteiger partial charge in [-0.05, 0) is 38.5 Å². The fourth-order valence-electron chi connectivity index (χ4n) is 1.36. The van der Waals surface area contributed by atoms with Crippen molar-refractivity contribution in [3.8, 4) is 11.8 Å². The summed E-state index contributed by atoms with van der Waals surface area (Å²) in [5, 5.41) is 11.5. The van der Waals surface area contributed by atoms with Crippen molar-refractivity contribution < 1.29 is 9.53 Å². The fourth-order valence-corrected chi connectivity index (χ4v) is 1.36. The molecule has 0 radical (unpaired) electrons. The van der Waals surface area contributed by atoms with Crippen LogP contribution in [0.15, 0.2) is 18.2 Å². The van der Waals surface area contributed by atoms with Crippen molar-refractivity contribution in [2.24, 2.45) is 0 Å². The number of nitrogens with zero attached hydrogens (tertiary/aromatic N) is 1. The van der Waals surface area contributed by atoms with E-state index in [1.807, 2.05) is 19.9 Å². The van der Waals surface area contributed by atoms with E-state index in [9.17, 15) is 4.79 Å². The number of rotatable bonds is 4. The molecule has 17 heavy (non-hydrogen) atoms. The third kappa shape index (κ3) is 3.49. The molecule has 0 aliphatic heterocycles. The molecule has 1 rings (SSSR count). The van der Waals surface area contributed by atoms with Crippen LogP contribution in [-0.2, 0) is 4.79 Å². The Morgan fingerprint density at radius 2 is 2.29 bits per heavy atom. The minimum atomic E-state index is -0.567. The molecule has 90 valence electrons. The van der Waals surface area contributed by atoms with Crippen molar-refractivity contribution in [1.29, 1.82) is 5.26 Å². The number of amides is 1. The van der Waals surface area contributed by atoms with Gasteiger partial charge < -0.3 is 10.1 Å². The van der Waals surface area contributed by atoms with Gasteiger partial charge >= 0.3 is 0 Å². The van der Waals surface area contributed by atoms with Crippen LogP contribution in [0.2, 0.25) is 0 Å². The molecule has 0 aromatic heterocycles. The lowest BCUT2D eigenvalue weighted by Crippen LogP contribution is -2.36. The van der Waals surface area contributed by atoms with E-state index < -0.39 is 6.10 Å². The van der Waals surface area contributed by atoms with Gasteiger partial charge in [-0.25, -0.2) is 0 Å². The van der Waals surface area contributed by atoms with E-state index in [1.54, 1.807) is 25.1 Å². The van der Waals surface area contributed by atoms with Crippen LogP contribution in [0, 0.1) is 18.3 Å². The molecule has 0 spiro atoms. The normalized spacial score (nSPS) is 11.4. The first kappa shape index (κ1) is 13.0. The van der Waals surface area contributed by atoms with E-state index >= 15 is 0 Å². The molecule has 1 unspecified atom stereocenters. The Morgan fingerprint density at radius 1 is 1.59 bits per heavy atom. The van der Waals surface area contributed by atoms with Crippen LogP contribution >= 0.6 is 0 Å². The van der Waals surface area contributed by atoms with Gasteiger partial charge in [0, 0.05) is 6.54 Å². The highest BCUT2D eigenvalue weighted by atomic mass is 16.5. The Kier molecular flexibility index (Phi) is 4.53. The van der Waals surface area contributed by atoms with Gasteiger partial charge in [0.25, 0.3) is 5.91 Å². The van der Waals surface area contributed by atoms with Gasteiger partial charge in [-0.15, -0.1) is 0 Å². The van der Waals surface area contributed by atoms with Crippen molar-refractivity contribution >= 4 is 5.91 Å². The Labute approximate surface area is 101 Å². The molecule has 0 aliphatic carbocycles. The third-order valence-corrected chi connectivity index (χ3v) is 2.34. The van der Waals surface area contributed by atoms with E-state index in [0.29, 0.717) is 17.9 Å². The first-order valence-electron chi connectivity index (χ1n) is 5.53. The third-order valence-electron chi connectivity index (χ3n) is 2.34. The summed E-state index contributed by atoms with van der Waals surface area (Å²) >= 11 is 0. The van der Waals surface area contributed by atoms with E-state index in [0.717, 1.165) is 5.56 Å². The van der Waals surface area contributed by atoms with Gasteiger partial charge in [-0.2, -0.15) is 5.26 Å². The highest BCUT2D eigenvalue weighted by Gasteiger charge is 2.14. The zero-order valence-electron chi connectivity index (χ0n) is 10.3. The lowest BCUT2D eigenvalue weighted by molar-refractivity contribution is -0.127. The summed E-state index contributed by atoms with van der Waals surface area (Å²) < 4.78 is 5.54. The minimum absolute atomic E-state index is 0.158. The molecule has 4 nitrogen and oxygen atoms in total. The van der Waals surface area contributed by atoms with Crippen molar-refractivity contribution in [3.05, 3.63) is 29.3 Å². The Morgan fingerprint density at radius 3 is 2.88 bits per heavy atom. The molecular weight excluding hydrogens is 216 g/mol. The summed E-state index contributed by atoms with van der Waals surface area (Å²) in [6.07, 6.45) is -0.567. The monoisotopic (exact) mass is 232 g/mol. The van der Waals surface area contributed by atoms with Crippen molar-refractivity contribution in [1.82, 2.24) is 5.32 Å². The zero-order valence-corrected chi connectivity index (χ0v) is 10.3. The van der Waals surface area contributed by atoms with Gasteiger partial charge in [0.15, 0.2) is 6.10 Å². The van der Waals surface area contributed by atoms with Crippen LogP contribution in [0.25, 0.3) is 0 Å². The van der Waals surface area contributed by atoms with E-state index in [-0.39, 0.29) is 5.91 Å². The molecule has 0 saturated carbocycles. The van der Waals surface area contributed by atoms with Gasteiger partial charge in [0.05, 0.1) is 11.6 Å². The first-order valence-corrected chi connectivity index (χ1v) is 5.53. The quantitative estimate of drug-likeness (QED) is 0.860. The SMILES string of the molecule is CCNC(=O)C(C)Oc1cc(C#N)ccc1C. The number of nitriles is 1. The van der Waals surface area contributed by atoms with Crippen molar-refractivity contribution in [3.63, 3.8) is 0 Å². The average Bonchev–Trinajstić information content (AvgIpc) is 2.32. The van der Waals surface area contributed by atoms with Crippen molar-refractivity contribution in [2.75, 3.05) is 6.54 Å². The number of likely N-dealkylation sites (N-methyl/N-ethyl adjacent to an activating group) is 1. The van der Waals surface area contributed by atoms with E-state index in [1.165, 1.54) is 0 Å². The maximum Gasteiger partial charge on any atom is 0.260 e. The Balaban J connectivity index is 2.81. The molecule has 4 heteroatoms. The van der Waals surface area contributed by atoms with Crippen LogP contribution in [0.3, 0.4) is 0 Å². The van der Waals surface area contributed by atoms with Crippen LogP contribution in [0.4, 0.5) is 0 Å². The first-order chi connectivity index (χ1) is 8.08. The number of nitrogens with one attached hydrogen (secondary N) is 1. The molecule has 0 fully saturated rings. The number of carbonyl (C=O) groups excluding carboxylic acids is 1. The number of ether oxygens (including phenoxy) is 1. The summed E-state index contributed by atoms with van der Waals surface area (Å²) in [6.45, 7) is 5.99. The molecular formula is C13H16N2O2. The highest BCUT2D eigenvalue weighted by Crippen LogP contribution is 2.20. The number of aryl methyl sites for hydroxylation is 1. The average molecular weight is 232 g/mol. The van der Waals surface area contributed by atoms with Gasteiger partial charge in [-0.1, -0.05) is 6.07 Å². The van der Waals surface area contributed by atoms with Crippen LogP contribution < -0.4 is 10.1 Å². The fraction of sp³-hybridized carbons (Fsp3) is 0.385. The second-order valence-electron chi connectivity index (χ2n) is 3.75. The summed E-state index contributed by atoms with van der Waals surface area (Å²) in [4.78, 5) is 11.5. The van der Waals surface area contributed by atoms with Gasteiger partial charge in [0.2, 0.25) is 0 Å². The summed E-state index contributed by atoms with van der Waals surface area (Å²) in [5.41, 5.74) is 1.42. The zero-order chi connectivity index (χ0) is 12.8. The molecule has 1 amide bonds. The largest absolute Gasteiger partial charge is 0.481 e. The topological polar surface area (TPSA) is 62.1 Å². The van der Waals surface area contributed by atoms with Crippen LogP contribution in [-0.4, -0.2) is 18.6 Å². The number of hydrogen-bond acceptors (Lipinski definition) is 3. The van der Waals surface area contributed by atoms with Crippen LogP contribution in [0.5, 0.6) is 5.75 Å². The summed E-state index contributed by atoms with van der Waals surface area (Å²) in [7, 11) is 0. The molecule has 0 saturated heterocycles. The van der Waals surface area contributed by atoms with Gasteiger partial charge in [0.1, 0.15) is 5.75 Å².